The van der Waals surface area contributed by atoms with Gasteiger partial charge in [-0.15, -0.1) is 11.6 Å². The predicted octanol–water partition coefficient (Wildman–Crippen LogP) is 3.65. The van der Waals surface area contributed by atoms with Gasteiger partial charge in [-0.2, -0.15) is 0 Å². The van der Waals surface area contributed by atoms with Gasteiger partial charge in [0.15, 0.2) is 0 Å². The highest BCUT2D eigenvalue weighted by Crippen LogP contribution is 2.25. The molecule has 3 nitrogen and oxygen atoms in total. The Balaban J connectivity index is 2.10. The average Bonchev–Trinajstić information content (AvgIpc) is 2.55. The van der Waals surface area contributed by atoms with E-state index in [1.807, 2.05) is 36.4 Å². The Bertz CT molecular complexity index is 623. The lowest BCUT2D eigenvalue weighted by Crippen LogP contribution is -2.31. The summed E-state index contributed by atoms with van der Waals surface area (Å²) < 4.78 is 5.19. The molecule has 0 heterocycles. The van der Waals surface area contributed by atoms with E-state index in [-0.39, 0.29) is 5.91 Å². The molecule has 22 heavy (non-hydrogen) atoms. The fraction of sp³-hybridized carbons (Fsp3) is 0.278. The van der Waals surface area contributed by atoms with Crippen molar-refractivity contribution in [3.8, 4) is 16.9 Å². The van der Waals surface area contributed by atoms with Gasteiger partial charge in [0.05, 0.1) is 7.11 Å². The molecule has 116 valence electrons. The van der Waals surface area contributed by atoms with Crippen LogP contribution in [0.25, 0.3) is 11.1 Å². The van der Waals surface area contributed by atoms with Gasteiger partial charge < -0.3 is 10.1 Å². The van der Waals surface area contributed by atoms with E-state index in [4.69, 9.17) is 16.3 Å². The monoisotopic (exact) mass is 317 g/mol. The zero-order valence-electron chi connectivity index (χ0n) is 12.8. The summed E-state index contributed by atoms with van der Waals surface area (Å²) in [5.74, 6) is 0.702. The number of halogens is 1. The quantitative estimate of drug-likeness (QED) is 0.826. The van der Waals surface area contributed by atoms with Crippen LogP contribution in [0.2, 0.25) is 0 Å². The molecule has 0 radical (unpaired) electrons. The van der Waals surface area contributed by atoms with Crippen LogP contribution in [0.4, 0.5) is 0 Å². The molecule has 0 aromatic heterocycles. The summed E-state index contributed by atoms with van der Waals surface area (Å²) in [5.41, 5.74) is 3.49. The zero-order valence-corrected chi connectivity index (χ0v) is 13.6. The van der Waals surface area contributed by atoms with E-state index in [0.29, 0.717) is 6.54 Å². The largest absolute Gasteiger partial charge is 0.497 e. The molecule has 0 saturated heterocycles. The number of alkyl halides is 1. The summed E-state index contributed by atoms with van der Waals surface area (Å²) >= 11 is 5.74. The van der Waals surface area contributed by atoms with E-state index in [0.717, 1.165) is 17.7 Å². The first kappa shape index (κ1) is 16.4. The van der Waals surface area contributed by atoms with Gasteiger partial charge in [-0.05, 0) is 42.2 Å². The minimum absolute atomic E-state index is 0.136. The van der Waals surface area contributed by atoms with Gasteiger partial charge in [-0.3, -0.25) is 4.79 Å². The van der Waals surface area contributed by atoms with Crippen LogP contribution < -0.4 is 10.1 Å². The predicted molar refractivity (Wildman–Crippen MR) is 90.5 cm³/mol. The molecule has 0 saturated carbocycles. The number of hydrogen-bond donors (Lipinski definition) is 1. The van der Waals surface area contributed by atoms with Gasteiger partial charge in [-0.1, -0.05) is 36.4 Å². The van der Waals surface area contributed by atoms with Crippen molar-refractivity contribution in [1.29, 1.82) is 0 Å². The van der Waals surface area contributed by atoms with Gasteiger partial charge in [0.25, 0.3) is 0 Å². The zero-order chi connectivity index (χ0) is 15.9. The Labute approximate surface area is 136 Å². The highest BCUT2D eigenvalue weighted by molar-refractivity contribution is 6.30. The molecule has 4 heteroatoms. The number of ether oxygens (including phenoxy) is 1. The van der Waals surface area contributed by atoms with E-state index < -0.39 is 5.38 Å². The first-order valence-corrected chi connectivity index (χ1v) is 7.69. The third-order valence-electron chi connectivity index (χ3n) is 3.47. The summed E-state index contributed by atoms with van der Waals surface area (Å²) in [6, 6.07) is 16.2. The Morgan fingerprint density at radius 2 is 1.86 bits per heavy atom. The van der Waals surface area contributed by atoms with Crippen LogP contribution in [-0.4, -0.2) is 24.9 Å². The number of hydrogen-bond acceptors (Lipinski definition) is 2. The standard InChI is InChI=1S/C18H20ClNO2/c1-13(19)18(21)20-12-11-14-5-3-4-6-17(14)15-7-9-16(22-2)10-8-15/h3-10,13H,11-12H2,1-2H3,(H,20,21). The van der Waals surface area contributed by atoms with Crippen molar-refractivity contribution in [1.82, 2.24) is 5.32 Å². The second-order valence-electron chi connectivity index (χ2n) is 5.04. The van der Waals surface area contributed by atoms with Crippen molar-refractivity contribution in [3.63, 3.8) is 0 Å². The lowest BCUT2D eigenvalue weighted by Gasteiger charge is -2.11. The molecule has 0 spiro atoms. The first-order valence-electron chi connectivity index (χ1n) is 7.26. The van der Waals surface area contributed by atoms with Crippen molar-refractivity contribution in [2.24, 2.45) is 0 Å². The van der Waals surface area contributed by atoms with Gasteiger partial charge in [0.1, 0.15) is 11.1 Å². The number of amides is 1. The maximum atomic E-state index is 11.5. The average molecular weight is 318 g/mol. The Hall–Kier alpha value is -2.00. The number of benzene rings is 2. The first-order chi connectivity index (χ1) is 10.6. The molecule has 0 fully saturated rings. The second-order valence-corrected chi connectivity index (χ2v) is 5.70. The number of methoxy groups -OCH3 is 1. The molecule has 2 aromatic carbocycles. The van der Waals surface area contributed by atoms with Crippen molar-refractivity contribution < 1.29 is 9.53 Å². The van der Waals surface area contributed by atoms with E-state index in [2.05, 4.69) is 17.4 Å². The topological polar surface area (TPSA) is 38.3 Å². The summed E-state index contributed by atoms with van der Waals surface area (Å²) in [6.07, 6.45) is 0.761. The molecule has 0 aliphatic carbocycles. The second kappa shape index (κ2) is 7.85. The fourth-order valence-corrected chi connectivity index (χ4v) is 2.33. The molecular weight excluding hydrogens is 298 g/mol. The molecule has 2 rings (SSSR count). The highest BCUT2D eigenvalue weighted by atomic mass is 35.5. The lowest BCUT2D eigenvalue weighted by atomic mass is 9.97. The van der Waals surface area contributed by atoms with E-state index in [1.165, 1.54) is 11.1 Å². The molecular formula is C18H20ClNO2. The molecule has 0 aliphatic rings. The number of carbonyl (C=O) groups is 1. The number of rotatable bonds is 6. The van der Waals surface area contributed by atoms with E-state index >= 15 is 0 Å². The maximum absolute atomic E-state index is 11.5. The van der Waals surface area contributed by atoms with Crippen LogP contribution >= 0.6 is 11.6 Å². The van der Waals surface area contributed by atoms with Crippen LogP contribution in [0.3, 0.4) is 0 Å². The fourth-order valence-electron chi connectivity index (χ4n) is 2.25. The van der Waals surface area contributed by atoms with Crippen molar-refractivity contribution in [3.05, 3.63) is 54.1 Å². The van der Waals surface area contributed by atoms with Crippen molar-refractivity contribution >= 4 is 17.5 Å². The normalized spacial score (nSPS) is 11.8. The third-order valence-corrected chi connectivity index (χ3v) is 3.67. The summed E-state index contributed by atoms with van der Waals surface area (Å²) in [6.45, 7) is 2.24. The minimum Gasteiger partial charge on any atom is -0.497 e. The van der Waals surface area contributed by atoms with Crippen LogP contribution in [0.5, 0.6) is 5.75 Å². The van der Waals surface area contributed by atoms with Gasteiger partial charge >= 0.3 is 0 Å². The van der Waals surface area contributed by atoms with Crippen LogP contribution in [0.15, 0.2) is 48.5 Å². The van der Waals surface area contributed by atoms with Gasteiger partial charge in [0.2, 0.25) is 5.91 Å². The molecule has 0 bridgehead atoms. The van der Waals surface area contributed by atoms with E-state index in [1.54, 1.807) is 14.0 Å². The summed E-state index contributed by atoms with van der Waals surface area (Å²) in [4.78, 5) is 11.5. The molecule has 1 atom stereocenters. The summed E-state index contributed by atoms with van der Waals surface area (Å²) in [5, 5.41) is 2.33. The third kappa shape index (κ3) is 4.25. The molecule has 1 amide bonds. The highest BCUT2D eigenvalue weighted by Gasteiger charge is 2.09. The minimum atomic E-state index is -0.503. The molecule has 1 N–H and O–H groups in total. The van der Waals surface area contributed by atoms with Crippen molar-refractivity contribution in [2.45, 2.75) is 18.7 Å². The van der Waals surface area contributed by atoms with Crippen LogP contribution in [-0.2, 0) is 11.2 Å². The Morgan fingerprint density at radius 1 is 1.18 bits per heavy atom. The Morgan fingerprint density at radius 3 is 2.50 bits per heavy atom. The SMILES string of the molecule is COc1ccc(-c2ccccc2CCNC(=O)C(C)Cl)cc1. The van der Waals surface area contributed by atoms with Crippen molar-refractivity contribution in [2.75, 3.05) is 13.7 Å². The van der Waals surface area contributed by atoms with E-state index in [9.17, 15) is 4.79 Å². The Kier molecular flexibility index (Phi) is 5.84. The van der Waals surface area contributed by atoms with Crippen LogP contribution in [0.1, 0.15) is 12.5 Å². The van der Waals surface area contributed by atoms with Gasteiger partial charge in [0, 0.05) is 6.54 Å². The lowest BCUT2D eigenvalue weighted by molar-refractivity contribution is -0.120. The van der Waals surface area contributed by atoms with Gasteiger partial charge in [-0.25, -0.2) is 0 Å². The maximum Gasteiger partial charge on any atom is 0.237 e. The summed E-state index contributed by atoms with van der Waals surface area (Å²) in [7, 11) is 1.66. The molecule has 0 aliphatic heterocycles. The molecule has 1 unspecified atom stereocenters. The number of carbonyl (C=O) groups excluding carboxylic acids is 1. The molecule has 2 aromatic rings. The van der Waals surface area contributed by atoms with Crippen LogP contribution in [0, 0.1) is 0 Å². The smallest absolute Gasteiger partial charge is 0.237 e. The number of nitrogens with one attached hydrogen (secondary N) is 1.